The Balaban J connectivity index is 2.51. The van der Waals surface area contributed by atoms with Gasteiger partial charge in [0, 0.05) is 18.0 Å². The van der Waals surface area contributed by atoms with Crippen LogP contribution in [0.1, 0.15) is 0 Å². The Hall–Kier alpha value is -1.84. The Morgan fingerprint density at radius 3 is 2.83 bits per heavy atom. The lowest BCUT2D eigenvalue weighted by Gasteiger charge is -1.96. The molecule has 0 spiro atoms. The zero-order chi connectivity index (χ0) is 8.39. The van der Waals surface area contributed by atoms with Crippen LogP contribution in [0.25, 0.3) is 11.3 Å². The van der Waals surface area contributed by atoms with Crippen LogP contribution in [0, 0.1) is 0 Å². The van der Waals surface area contributed by atoms with E-state index in [1.165, 1.54) is 0 Å². The van der Waals surface area contributed by atoms with Gasteiger partial charge in [-0.3, -0.25) is 10.1 Å². The first-order chi connectivity index (χ1) is 5.88. The Bertz CT molecular complexity index is 366. The van der Waals surface area contributed by atoms with Crippen molar-refractivity contribution in [1.29, 1.82) is 0 Å². The molecule has 0 amide bonds. The normalized spacial score (nSPS) is 10.0. The highest BCUT2D eigenvalue weighted by atomic mass is 15.1. The van der Waals surface area contributed by atoms with Crippen LogP contribution in [0.15, 0.2) is 30.7 Å². The number of hydrogen-bond acceptors (Lipinski definition) is 3. The second kappa shape index (κ2) is 2.65. The van der Waals surface area contributed by atoms with Crippen molar-refractivity contribution in [3.63, 3.8) is 0 Å². The number of hydrogen-bond donors (Lipinski definition) is 2. The molecule has 4 heteroatoms. The second-order valence-corrected chi connectivity index (χ2v) is 2.44. The maximum Gasteiger partial charge on any atom is 0.0895 e. The van der Waals surface area contributed by atoms with E-state index in [2.05, 4.69) is 15.2 Å². The minimum Gasteiger partial charge on any atom is -0.396 e. The molecule has 60 valence electrons. The van der Waals surface area contributed by atoms with Crippen molar-refractivity contribution in [2.45, 2.75) is 0 Å². The van der Waals surface area contributed by atoms with Gasteiger partial charge in [0.05, 0.1) is 17.6 Å². The van der Waals surface area contributed by atoms with Gasteiger partial charge in [-0.25, -0.2) is 0 Å². The Labute approximate surface area is 69.4 Å². The molecule has 3 N–H and O–H groups in total. The molecule has 0 aliphatic heterocycles. The average molecular weight is 160 g/mol. The van der Waals surface area contributed by atoms with Gasteiger partial charge in [0.2, 0.25) is 0 Å². The zero-order valence-corrected chi connectivity index (χ0v) is 6.36. The first kappa shape index (κ1) is 6.84. The monoisotopic (exact) mass is 160 g/mol. The van der Waals surface area contributed by atoms with Crippen LogP contribution in [0.2, 0.25) is 0 Å². The highest BCUT2D eigenvalue weighted by Crippen LogP contribution is 2.20. The van der Waals surface area contributed by atoms with Crippen molar-refractivity contribution in [2.75, 3.05) is 5.73 Å². The highest BCUT2D eigenvalue weighted by Gasteiger charge is 2.02. The van der Waals surface area contributed by atoms with Crippen molar-refractivity contribution in [3.8, 4) is 11.3 Å². The quantitative estimate of drug-likeness (QED) is 0.655. The molecule has 2 aromatic rings. The zero-order valence-electron chi connectivity index (χ0n) is 6.36. The summed E-state index contributed by atoms with van der Waals surface area (Å²) in [6, 6.07) is 3.78. The van der Waals surface area contributed by atoms with E-state index < -0.39 is 0 Å². The molecular weight excluding hydrogens is 152 g/mol. The Kier molecular flexibility index (Phi) is 1.51. The summed E-state index contributed by atoms with van der Waals surface area (Å²) in [5, 5.41) is 6.63. The molecule has 0 aliphatic carbocycles. The molecule has 0 radical (unpaired) electrons. The maximum atomic E-state index is 5.65. The molecule has 2 aromatic heterocycles. The van der Waals surface area contributed by atoms with E-state index in [4.69, 9.17) is 5.73 Å². The minimum absolute atomic E-state index is 0.642. The number of nitrogens with one attached hydrogen (secondary N) is 1. The summed E-state index contributed by atoms with van der Waals surface area (Å²) in [5.74, 6) is 0. The number of nitrogens with two attached hydrogens (primary N) is 1. The van der Waals surface area contributed by atoms with Gasteiger partial charge < -0.3 is 5.73 Å². The molecule has 0 saturated heterocycles. The average Bonchev–Trinajstić information content (AvgIpc) is 2.53. The lowest BCUT2D eigenvalue weighted by Crippen LogP contribution is -1.86. The summed E-state index contributed by atoms with van der Waals surface area (Å²) >= 11 is 0. The van der Waals surface area contributed by atoms with E-state index in [9.17, 15) is 0 Å². The number of pyridine rings is 1. The van der Waals surface area contributed by atoms with Gasteiger partial charge in [-0.05, 0) is 12.1 Å². The third-order valence-corrected chi connectivity index (χ3v) is 1.62. The van der Waals surface area contributed by atoms with Crippen molar-refractivity contribution in [1.82, 2.24) is 15.2 Å². The molecule has 12 heavy (non-hydrogen) atoms. The molecule has 0 bridgehead atoms. The first-order valence-electron chi connectivity index (χ1n) is 3.57. The molecule has 0 fully saturated rings. The van der Waals surface area contributed by atoms with Gasteiger partial charge in [-0.1, -0.05) is 0 Å². The predicted octanol–water partition coefficient (Wildman–Crippen LogP) is 1.05. The number of rotatable bonds is 1. The second-order valence-electron chi connectivity index (χ2n) is 2.44. The SMILES string of the molecule is Nc1cn[nH]c1-c1cccnc1. The van der Waals surface area contributed by atoms with Crippen LogP contribution in [0.3, 0.4) is 0 Å². The number of aromatic amines is 1. The molecule has 0 atom stereocenters. The van der Waals surface area contributed by atoms with Gasteiger partial charge in [0.1, 0.15) is 0 Å². The number of aromatic nitrogens is 3. The number of nitrogens with zero attached hydrogens (tertiary/aromatic N) is 2. The third-order valence-electron chi connectivity index (χ3n) is 1.62. The van der Waals surface area contributed by atoms with Gasteiger partial charge >= 0.3 is 0 Å². The molecule has 2 rings (SSSR count). The summed E-state index contributed by atoms with van der Waals surface area (Å²) < 4.78 is 0. The summed E-state index contributed by atoms with van der Waals surface area (Å²) in [5.41, 5.74) is 8.07. The van der Waals surface area contributed by atoms with E-state index in [1.54, 1.807) is 18.6 Å². The lowest BCUT2D eigenvalue weighted by atomic mass is 10.2. The smallest absolute Gasteiger partial charge is 0.0895 e. The fraction of sp³-hybridized carbons (Fsp3) is 0. The standard InChI is InChI=1S/C8H8N4/c9-7-5-11-12-8(7)6-2-1-3-10-4-6/h1-5H,9H2,(H,11,12). The van der Waals surface area contributed by atoms with E-state index in [0.717, 1.165) is 11.3 Å². The van der Waals surface area contributed by atoms with Gasteiger partial charge in [-0.2, -0.15) is 5.10 Å². The number of anilines is 1. The largest absolute Gasteiger partial charge is 0.396 e. The lowest BCUT2D eigenvalue weighted by molar-refractivity contribution is 1.09. The summed E-state index contributed by atoms with van der Waals surface area (Å²) in [7, 11) is 0. The Morgan fingerprint density at radius 2 is 2.25 bits per heavy atom. The van der Waals surface area contributed by atoms with Crippen molar-refractivity contribution < 1.29 is 0 Å². The van der Waals surface area contributed by atoms with Crippen LogP contribution in [-0.4, -0.2) is 15.2 Å². The van der Waals surface area contributed by atoms with Crippen LogP contribution in [0.5, 0.6) is 0 Å². The predicted molar refractivity (Wildman–Crippen MR) is 46.2 cm³/mol. The summed E-state index contributed by atoms with van der Waals surface area (Å²) in [4.78, 5) is 3.98. The molecule has 0 aromatic carbocycles. The van der Waals surface area contributed by atoms with Gasteiger partial charge in [0.15, 0.2) is 0 Å². The number of H-pyrrole nitrogens is 1. The van der Waals surface area contributed by atoms with Crippen molar-refractivity contribution in [2.24, 2.45) is 0 Å². The minimum atomic E-state index is 0.642. The molecular formula is C8H8N4. The van der Waals surface area contributed by atoms with E-state index in [1.807, 2.05) is 12.1 Å². The number of nitrogen functional groups attached to an aromatic ring is 1. The fourth-order valence-electron chi connectivity index (χ4n) is 1.04. The van der Waals surface area contributed by atoms with Crippen molar-refractivity contribution in [3.05, 3.63) is 30.7 Å². The van der Waals surface area contributed by atoms with E-state index >= 15 is 0 Å². The van der Waals surface area contributed by atoms with E-state index in [-0.39, 0.29) is 0 Å². The molecule has 2 heterocycles. The Morgan fingerprint density at radius 1 is 1.33 bits per heavy atom. The van der Waals surface area contributed by atoms with E-state index in [0.29, 0.717) is 5.69 Å². The van der Waals surface area contributed by atoms with Crippen LogP contribution in [-0.2, 0) is 0 Å². The van der Waals surface area contributed by atoms with Crippen LogP contribution in [0.4, 0.5) is 5.69 Å². The summed E-state index contributed by atoms with van der Waals surface area (Å²) in [6.07, 6.45) is 5.04. The first-order valence-corrected chi connectivity index (χ1v) is 3.57. The highest BCUT2D eigenvalue weighted by molar-refractivity contribution is 5.70. The van der Waals surface area contributed by atoms with Crippen LogP contribution < -0.4 is 5.73 Å². The van der Waals surface area contributed by atoms with Gasteiger partial charge in [0.25, 0.3) is 0 Å². The van der Waals surface area contributed by atoms with Crippen LogP contribution >= 0.6 is 0 Å². The maximum absolute atomic E-state index is 5.65. The molecule has 4 nitrogen and oxygen atoms in total. The molecule has 0 saturated carbocycles. The molecule has 0 unspecified atom stereocenters. The van der Waals surface area contributed by atoms with Gasteiger partial charge in [-0.15, -0.1) is 0 Å². The topological polar surface area (TPSA) is 67.6 Å². The summed E-state index contributed by atoms with van der Waals surface area (Å²) in [6.45, 7) is 0. The van der Waals surface area contributed by atoms with Crippen molar-refractivity contribution >= 4 is 5.69 Å². The molecule has 0 aliphatic rings. The fourth-order valence-corrected chi connectivity index (χ4v) is 1.04. The third kappa shape index (κ3) is 1.03.